The molecular formula is C80H123F9N12O14. The molecular weight excluding hydrogens is 1520 g/mol. The molecule has 0 radical (unpaired) electrons. The molecule has 0 aromatic carbocycles. The molecule has 2 unspecified atom stereocenters. The molecule has 9 aliphatic rings. The summed E-state index contributed by atoms with van der Waals surface area (Å²) in [6.45, 7) is 3.70. The smallest absolute Gasteiger partial charge is 0.378 e. The van der Waals surface area contributed by atoms with Gasteiger partial charge in [-0.25, -0.2) is 13.2 Å². The number of hydrogen-bond acceptors (Lipinski definition) is 14. The van der Waals surface area contributed by atoms with E-state index in [2.05, 4.69) is 16.0 Å². The minimum absolute atomic E-state index is 0.00268. The number of nitrogens with one attached hydrogen (secondary N) is 3. The highest BCUT2D eigenvalue weighted by atomic mass is 19.4. The van der Waals surface area contributed by atoms with E-state index in [0.29, 0.717) is 70.6 Å². The van der Waals surface area contributed by atoms with Crippen molar-refractivity contribution in [3.63, 3.8) is 0 Å². The Bertz CT molecular complexity index is 3390. The van der Waals surface area contributed by atoms with Crippen LogP contribution in [0, 0.1) is 41.4 Å². The molecule has 9 fully saturated rings. The summed E-state index contributed by atoms with van der Waals surface area (Å²) in [5, 5.41) is 8.49. The number of ether oxygens (including phenoxy) is 2. The van der Waals surface area contributed by atoms with Crippen molar-refractivity contribution in [1.82, 2.24) is 60.0 Å². The Morgan fingerprint density at radius 2 is 1.17 bits per heavy atom. The topological polar surface area (TPSA) is 289 Å². The lowest BCUT2D eigenvalue weighted by atomic mass is 9.74. The Hall–Kier alpha value is -7.07. The van der Waals surface area contributed by atoms with E-state index in [1.54, 1.807) is 20.8 Å². The molecule has 5 saturated carbocycles. The molecule has 1 spiro atoms. The summed E-state index contributed by atoms with van der Waals surface area (Å²) in [7, 11) is 8.05. The Morgan fingerprint density at radius 3 is 1.75 bits per heavy atom. The quantitative estimate of drug-likeness (QED) is 0.154. The fourth-order valence-corrected chi connectivity index (χ4v) is 19.2. The first-order valence-corrected chi connectivity index (χ1v) is 41.9. The van der Waals surface area contributed by atoms with Gasteiger partial charge in [0.1, 0.15) is 78.3 Å². The van der Waals surface area contributed by atoms with Gasteiger partial charge in [0, 0.05) is 81.5 Å². The van der Waals surface area contributed by atoms with Gasteiger partial charge < -0.3 is 69.5 Å². The van der Waals surface area contributed by atoms with Gasteiger partial charge in [0.05, 0.1) is 44.7 Å². The number of hydrogen-bond donors (Lipinski definition) is 3. The third-order valence-electron chi connectivity index (χ3n) is 26.7. The average molecular weight is 1650 g/mol. The van der Waals surface area contributed by atoms with E-state index in [1.165, 1.54) is 61.9 Å². The third-order valence-corrected chi connectivity index (χ3v) is 26.7. The molecule has 0 aromatic rings. The summed E-state index contributed by atoms with van der Waals surface area (Å²) in [5.41, 5.74) is -1.72. The largest absolute Gasteiger partial charge is 0.397 e. The van der Waals surface area contributed by atoms with Crippen LogP contribution in [0.25, 0.3) is 0 Å². The fraction of sp³-hybridized carbons (Fsp3) is 0.850. The molecule has 0 aromatic heterocycles. The first-order valence-electron chi connectivity index (χ1n) is 41.9. The third kappa shape index (κ3) is 22.5. The SMILES string of the molecule is CCO[C@@H]1C[C@H]2C(=O)NC3(CCC3)C(=O)N(C)[C@@H](C3CCCC3)C(=O)N(C)[C@H](C(=O)N3CCOCC3)CC(=O)N(C)[C@@H](CC3CCC(F)CC3)C(=O)N[C@@H]([C@@H](C)CC)C(=O)N(C)CC(=O)N(C)[C@H]3CCCCCN(C3=O)[C@@H](CC3CCC(C(F)(F)F)CC3)C(=O)N(C)CC(=O)N[C@@H](CCC3CC(F)C(C(F)(F)F)C(F)C3)C(=O)N2C1. The van der Waals surface area contributed by atoms with Crippen LogP contribution >= 0.6 is 0 Å². The van der Waals surface area contributed by atoms with E-state index in [4.69, 9.17) is 9.47 Å². The predicted octanol–water partition coefficient (Wildman–Crippen LogP) is 7.22. The number of alkyl halides is 9. The number of nitrogens with zero attached hydrogens (tertiary/aromatic N) is 9. The molecule has 35 heteroatoms. The standard InChI is InChI=1S/C80H123F9N12O14/c1-10-47(3)67-75(111)94(5)46-65(104)95(6)58-20-13-12-16-33-100(74(58)110)62(41-48-21-26-52(27-22-48)79(84,85)86)72(108)93(4)45-63(102)90-57(30-25-50-38-55(82)66(56(83)39-50)80(87,88)89)71(107)101-44-54(115-11-2)42-60(101)70(106)92-78(31-17-32-78)77(113)98(9)68(51-18-14-15-19-51)76(112)97(8)61(73(109)99-34-36-114-37-35-99)43-64(103)96(7)59(69(105)91-67)40-49-23-28-53(81)29-24-49/h47-62,66-68H,10-46H2,1-9H3,(H,90,102)(H,91,105)(H,92,106)/t47-,48?,49?,50?,52?,53?,54+,55?,56?,57-,58-,59-,60-,61-,62-,66?,67-,68-/m0/s1. The first kappa shape index (κ1) is 91.8. The number of halogens is 9. The second-order valence-electron chi connectivity index (χ2n) is 34.4. The zero-order chi connectivity index (χ0) is 84.3. The molecule has 12 amide bonds. The summed E-state index contributed by atoms with van der Waals surface area (Å²) >= 11 is 0. The number of carbonyl (C=O) groups excluding carboxylic acids is 12. The van der Waals surface area contributed by atoms with Crippen molar-refractivity contribution in [2.75, 3.05) is 101 Å². The van der Waals surface area contributed by atoms with Crippen LogP contribution in [0.3, 0.4) is 0 Å². The number of rotatable bonds is 13. The van der Waals surface area contributed by atoms with Gasteiger partial charge in [-0.2, -0.15) is 26.3 Å². The predicted molar refractivity (Wildman–Crippen MR) is 402 cm³/mol. The Morgan fingerprint density at radius 1 is 0.565 bits per heavy atom. The van der Waals surface area contributed by atoms with Gasteiger partial charge in [-0.1, -0.05) is 46.0 Å². The minimum atomic E-state index is -5.22. The maximum absolute atomic E-state index is 15.9. The van der Waals surface area contributed by atoms with Gasteiger partial charge in [-0.05, 0) is 171 Å². The van der Waals surface area contributed by atoms with Crippen LogP contribution in [0.2, 0.25) is 0 Å². The molecule has 5 aliphatic carbocycles. The highest BCUT2D eigenvalue weighted by molar-refractivity contribution is 6.01. The van der Waals surface area contributed by atoms with Crippen LogP contribution in [-0.2, 0) is 67.0 Å². The highest BCUT2D eigenvalue weighted by Crippen LogP contribution is 2.46. The van der Waals surface area contributed by atoms with Crippen molar-refractivity contribution in [3.05, 3.63) is 0 Å². The van der Waals surface area contributed by atoms with Gasteiger partial charge in [-0.3, -0.25) is 57.5 Å². The van der Waals surface area contributed by atoms with Crippen LogP contribution in [0.4, 0.5) is 39.5 Å². The Balaban J connectivity index is 1.12. The molecule has 115 heavy (non-hydrogen) atoms. The number of fused-ring (bicyclic) bond motifs is 3. The molecule has 12 atom stereocenters. The molecule has 650 valence electrons. The van der Waals surface area contributed by atoms with Crippen molar-refractivity contribution >= 4 is 70.9 Å². The van der Waals surface area contributed by atoms with E-state index in [9.17, 15) is 40.3 Å². The van der Waals surface area contributed by atoms with E-state index in [-0.39, 0.29) is 135 Å². The van der Waals surface area contributed by atoms with Crippen molar-refractivity contribution in [2.24, 2.45) is 41.4 Å². The molecule has 4 heterocycles. The number of carbonyl (C=O) groups is 12. The summed E-state index contributed by atoms with van der Waals surface area (Å²) in [5.74, 6) is -17.2. The van der Waals surface area contributed by atoms with Gasteiger partial charge in [-0.15, -0.1) is 0 Å². The van der Waals surface area contributed by atoms with Crippen molar-refractivity contribution in [2.45, 2.75) is 291 Å². The molecule has 2 bridgehead atoms. The molecule has 4 saturated heterocycles. The van der Waals surface area contributed by atoms with Crippen LogP contribution in [0.1, 0.15) is 201 Å². The van der Waals surface area contributed by atoms with Crippen LogP contribution in [-0.4, -0.2) is 307 Å². The van der Waals surface area contributed by atoms with Crippen molar-refractivity contribution in [3.8, 4) is 0 Å². The molecule has 26 nitrogen and oxygen atoms in total. The van der Waals surface area contributed by atoms with Gasteiger partial charge in [0.15, 0.2) is 0 Å². The maximum Gasteiger partial charge on any atom is 0.397 e. The van der Waals surface area contributed by atoms with Gasteiger partial charge in [0.2, 0.25) is 70.9 Å². The zero-order valence-corrected chi connectivity index (χ0v) is 68.3. The summed E-state index contributed by atoms with van der Waals surface area (Å²) in [4.78, 5) is 195. The summed E-state index contributed by atoms with van der Waals surface area (Å²) in [6.07, 6.45) is -15.7. The summed E-state index contributed by atoms with van der Waals surface area (Å²) < 4.78 is 142. The molecule has 9 rings (SSSR count). The lowest BCUT2D eigenvalue weighted by Gasteiger charge is -2.47. The lowest BCUT2D eigenvalue weighted by molar-refractivity contribution is -0.219. The number of morpholine rings is 1. The molecule has 4 aliphatic heterocycles. The van der Waals surface area contributed by atoms with Crippen molar-refractivity contribution < 1.29 is 107 Å². The highest BCUT2D eigenvalue weighted by Gasteiger charge is 2.57. The van der Waals surface area contributed by atoms with E-state index < -0.39 is 236 Å². The van der Waals surface area contributed by atoms with E-state index in [0.717, 1.165) is 24.5 Å². The lowest BCUT2D eigenvalue weighted by Crippen LogP contribution is -2.68. The average Bonchev–Trinajstić information content (AvgIpc) is 1.69. The van der Waals surface area contributed by atoms with Gasteiger partial charge >= 0.3 is 12.4 Å². The van der Waals surface area contributed by atoms with Crippen molar-refractivity contribution in [1.29, 1.82) is 0 Å². The van der Waals surface area contributed by atoms with Crippen LogP contribution in [0.5, 0.6) is 0 Å². The maximum atomic E-state index is 15.9. The second kappa shape index (κ2) is 40.1. The minimum Gasteiger partial charge on any atom is -0.378 e. The number of amides is 12. The Kier molecular flexibility index (Phi) is 32.0. The normalized spacial score (nSPS) is 33.5. The van der Waals surface area contributed by atoms with E-state index in [1.807, 2.05) is 0 Å². The second-order valence-corrected chi connectivity index (χ2v) is 34.4. The van der Waals surface area contributed by atoms with Crippen LogP contribution in [0.15, 0.2) is 0 Å². The van der Waals surface area contributed by atoms with Crippen LogP contribution < -0.4 is 16.0 Å². The zero-order valence-electron chi connectivity index (χ0n) is 68.3. The monoisotopic (exact) mass is 1650 g/mol. The molecule has 3 N–H and O–H groups in total. The van der Waals surface area contributed by atoms with Gasteiger partial charge in [0.25, 0.3) is 0 Å². The fourth-order valence-electron chi connectivity index (χ4n) is 19.2. The number of likely N-dealkylation sites (N-methyl/N-ethyl adjacent to an activating group) is 6. The summed E-state index contributed by atoms with van der Waals surface area (Å²) in [6, 6.07) is -11.6. The Labute approximate surface area is 669 Å². The first-order chi connectivity index (χ1) is 54.3. The van der Waals surface area contributed by atoms with E-state index >= 15 is 56.7 Å².